The lowest BCUT2D eigenvalue weighted by Crippen LogP contribution is -2.57. The van der Waals surface area contributed by atoms with Crippen LogP contribution in [0.1, 0.15) is 20.8 Å². The van der Waals surface area contributed by atoms with E-state index in [0.29, 0.717) is 4.90 Å². The molecule has 13 heteroatoms. The lowest BCUT2D eigenvalue weighted by atomic mass is 10.1. The predicted octanol–water partition coefficient (Wildman–Crippen LogP) is 2.96. The number of hydrogen-bond acceptors (Lipinski definition) is 6. The highest BCUT2D eigenvalue weighted by Crippen LogP contribution is 2.39. The first-order valence-corrected chi connectivity index (χ1v) is 10.4. The number of Topliss-reactive ketones (excluding diaryl/α,β-unsaturated/α-hetero) is 1. The molecule has 0 aromatic carbocycles. The van der Waals surface area contributed by atoms with Crippen LogP contribution in [0.4, 0.5) is 26.7 Å². The molecular weight excluding hydrogens is 431 g/mol. The molecule has 2 fully saturated rings. The Kier molecular flexibility index (Phi) is 6.49. The van der Waals surface area contributed by atoms with E-state index in [4.69, 9.17) is 4.74 Å². The third-order valence-electron chi connectivity index (χ3n) is 3.93. The fraction of sp³-hybridized carbons (Fsp3) is 0.800. The maximum absolute atomic E-state index is 13.5. The number of rotatable bonds is 3. The molecule has 0 aliphatic carbocycles. The molecule has 2 saturated heterocycles. The standard InChI is InChI=1S/C15H19F5N2O4S2/c1-13(2,3)26-12(25)22-7-28-5-9(22)11(24)21-6-27-4-8(21)10(23)14(16,17)15(18,19)20/h8-9H,4-7H2,1-3H3. The third-order valence-corrected chi connectivity index (χ3v) is 5.95. The van der Waals surface area contributed by atoms with E-state index in [0.717, 1.165) is 16.7 Å². The van der Waals surface area contributed by atoms with Gasteiger partial charge in [0.25, 0.3) is 0 Å². The maximum Gasteiger partial charge on any atom is 0.461 e. The molecule has 2 aliphatic rings. The van der Waals surface area contributed by atoms with Gasteiger partial charge in [-0.1, -0.05) is 0 Å². The van der Waals surface area contributed by atoms with Crippen molar-refractivity contribution in [2.24, 2.45) is 0 Å². The number of nitrogens with zero attached hydrogens (tertiary/aromatic N) is 2. The molecule has 0 spiro atoms. The Morgan fingerprint density at radius 3 is 1.89 bits per heavy atom. The van der Waals surface area contributed by atoms with Gasteiger partial charge in [0, 0.05) is 11.5 Å². The van der Waals surface area contributed by atoms with Crippen LogP contribution >= 0.6 is 23.5 Å². The van der Waals surface area contributed by atoms with Gasteiger partial charge in [0.15, 0.2) is 0 Å². The number of halogens is 5. The van der Waals surface area contributed by atoms with E-state index >= 15 is 0 Å². The van der Waals surface area contributed by atoms with Crippen LogP contribution in [0, 0.1) is 0 Å². The summed E-state index contributed by atoms with van der Waals surface area (Å²) in [5.41, 5.74) is -0.839. The van der Waals surface area contributed by atoms with Gasteiger partial charge in [0.05, 0.1) is 11.8 Å². The Bertz CT molecular complexity index is 653. The number of hydrogen-bond donors (Lipinski definition) is 0. The van der Waals surface area contributed by atoms with Gasteiger partial charge in [0.1, 0.15) is 17.7 Å². The summed E-state index contributed by atoms with van der Waals surface area (Å²) in [6.45, 7) is 4.86. The third kappa shape index (κ3) is 4.66. The number of alkyl halides is 5. The lowest BCUT2D eigenvalue weighted by molar-refractivity contribution is -0.270. The molecule has 2 aliphatic heterocycles. The van der Waals surface area contributed by atoms with E-state index in [-0.39, 0.29) is 23.3 Å². The van der Waals surface area contributed by atoms with Crippen LogP contribution in [0.5, 0.6) is 0 Å². The fourth-order valence-electron chi connectivity index (χ4n) is 2.57. The van der Waals surface area contributed by atoms with E-state index in [1.54, 1.807) is 20.8 Å². The molecule has 6 nitrogen and oxygen atoms in total. The van der Waals surface area contributed by atoms with Crippen molar-refractivity contribution in [2.45, 2.75) is 50.6 Å². The monoisotopic (exact) mass is 450 g/mol. The van der Waals surface area contributed by atoms with E-state index in [2.05, 4.69) is 0 Å². The molecule has 28 heavy (non-hydrogen) atoms. The van der Waals surface area contributed by atoms with Crippen LogP contribution < -0.4 is 0 Å². The smallest absolute Gasteiger partial charge is 0.444 e. The predicted molar refractivity (Wildman–Crippen MR) is 93.2 cm³/mol. The topological polar surface area (TPSA) is 66.9 Å². The van der Waals surface area contributed by atoms with Gasteiger partial charge in [-0.15, -0.1) is 23.5 Å². The molecule has 2 heterocycles. The van der Waals surface area contributed by atoms with Gasteiger partial charge in [-0.25, -0.2) is 4.79 Å². The second-order valence-corrected chi connectivity index (χ2v) is 9.23. The molecule has 0 saturated carbocycles. The lowest BCUT2D eigenvalue weighted by Gasteiger charge is -2.32. The number of amides is 2. The van der Waals surface area contributed by atoms with Crippen molar-refractivity contribution >= 4 is 41.3 Å². The fourth-order valence-corrected chi connectivity index (χ4v) is 4.86. The summed E-state index contributed by atoms with van der Waals surface area (Å²) < 4.78 is 69.8. The number of carbonyl (C=O) groups excluding carboxylic acids is 3. The second kappa shape index (κ2) is 7.88. The summed E-state index contributed by atoms with van der Waals surface area (Å²) in [4.78, 5) is 38.7. The highest BCUT2D eigenvalue weighted by Gasteiger charge is 2.65. The Morgan fingerprint density at radius 2 is 1.39 bits per heavy atom. The van der Waals surface area contributed by atoms with Crippen LogP contribution in [0.2, 0.25) is 0 Å². The molecular formula is C15H19F5N2O4S2. The van der Waals surface area contributed by atoms with Crippen LogP contribution in [0.3, 0.4) is 0 Å². The molecule has 2 atom stereocenters. The van der Waals surface area contributed by atoms with Crippen LogP contribution in [-0.4, -0.2) is 80.6 Å². The van der Waals surface area contributed by atoms with Crippen molar-refractivity contribution in [1.29, 1.82) is 0 Å². The van der Waals surface area contributed by atoms with Crippen molar-refractivity contribution in [3.05, 3.63) is 0 Å². The molecule has 2 rings (SSSR count). The summed E-state index contributed by atoms with van der Waals surface area (Å²) in [5, 5.41) is 0. The van der Waals surface area contributed by atoms with E-state index in [1.807, 2.05) is 0 Å². The first-order valence-electron chi connectivity index (χ1n) is 8.11. The van der Waals surface area contributed by atoms with E-state index < -0.39 is 47.6 Å². The van der Waals surface area contributed by atoms with Crippen molar-refractivity contribution < 1.29 is 41.1 Å². The van der Waals surface area contributed by atoms with Crippen molar-refractivity contribution in [2.75, 3.05) is 23.3 Å². The average molecular weight is 450 g/mol. The summed E-state index contributed by atoms with van der Waals surface area (Å²) in [7, 11) is 0. The van der Waals surface area contributed by atoms with Crippen molar-refractivity contribution in [1.82, 2.24) is 9.80 Å². The summed E-state index contributed by atoms with van der Waals surface area (Å²) in [6.07, 6.45) is -6.84. The van der Waals surface area contributed by atoms with Gasteiger partial charge >= 0.3 is 18.2 Å². The van der Waals surface area contributed by atoms with Crippen LogP contribution in [0.25, 0.3) is 0 Å². The minimum atomic E-state index is -6.04. The normalized spacial score (nSPS) is 23.9. The van der Waals surface area contributed by atoms with Crippen LogP contribution in [-0.2, 0) is 14.3 Å². The average Bonchev–Trinajstić information content (AvgIpc) is 3.19. The summed E-state index contributed by atoms with van der Waals surface area (Å²) in [5.74, 6) is -9.14. The highest BCUT2D eigenvalue weighted by atomic mass is 32.2. The van der Waals surface area contributed by atoms with Gasteiger partial charge in [-0.3, -0.25) is 14.5 Å². The zero-order valence-electron chi connectivity index (χ0n) is 15.2. The Labute approximate surface area is 166 Å². The zero-order valence-corrected chi connectivity index (χ0v) is 16.8. The Hall–Kier alpha value is -1.24. The molecule has 0 aromatic rings. The minimum Gasteiger partial charge on any atom is -0.444 e. The largest absolute Gasteiger partial charge is 0.461 e. The van der Waals surface area contributed by atoms with Gasteiger partial charge < -0.3 is 9.64 Å². The number of carbonyl (C=O) groups is 3. The van der Waals surface area contributed by atoms with Crippen molar-refractivity contribution in [3.63, 3.8) is 0 Å². The first kappa shape index (κ1) is 23.0. The number of ketones is 1. The molecule has 0 bridgehead atoms. The molecule has 0 radical (unpaired) electrons. The molecule has 2 amide bonds. The summed E-state index contributed by atoms with van der Waals surface area (Å²) >= 11 is 2.10. The van der Waals surface area contributed by atoms with Gasteiger partial charge in [0.2, 0.25) is 11.7 Å². The molecule has 2 unspecified atom stereocenters. The first-order chi connectivity index (χ1) is 12.7. The Balaban J connectivity index is 2.18. The quantitative estimate of drug-likeness (QED) is 0.616. The van der Waals surface area contributed by atoms with Gasteiger partial charge in [-0.2, -0.15) is 22.0 Å². The van der Waals surface area contributed by atoms with E-state index in [1.165, 1.54) is 11.8 Å². The maximum atomic E-state index is 13.5. The number of thioether (sulfide) groups is 2. The SMILES string of the molecule is CC(C)(C)OC(=O)N1CSCC1C(=O)N1CSCC1C(=O)C(F)(F)C(F)(F)F. The molecule has 0 aromatic heterocycles. The second-order valence-electron chi connectivity index (χ2n) is 7.23. The Morgan fingerprint density at radius 1 is 0.893 bits per heavy atom. The molecule has 0 N–H and O–H groups in total. The van der Waals surface area contributed by atoms with Gasteiger partial charge in [-0.05, 0) is 20.8 Å². The van der Waals surface area contributed by atoms with Crippen LogP contribution in [0.15, 0.2) is 0 Å². The minimum absolute atomic E-state index is 0.101. The van der Waals surface area contributed by atoms with E-state index in [9.17, 15) is 36.3 Å². The summed E-state index contributed by atoms with van der Waals surface area (Å²) in [6, 6.07) is -3.02. The number of ether oxygens (including phenoxy) is 1. The highest BCUT2D eigenvalue weighted by molar-refractivity contribution is 7.99. The van der Waals surface area contributed by atoms with Crippen molar-refractivity contribution in [3.8, 4) is 0 Å². The zero-order chi connectivity index (χ0) is 21.5. The molecule has 160 valence electrons.